The Morgan fingerprint density at radius 1 is 1.04 bits per heavy atom. The van der Waals surface area contributed by atoms with Crippen molar-refractivity contribution in [3.05, 3.63) is 23.8 Å². The molecule has 0 atom stereocenters. The fourth-order valence-corrected chi connectivity index (χ4v) is 5.07. The minimum atomic E-state index is -1.04. The molecule has 2 nitrogen and oxygen atoms in total. The predicted octanol–water partition coefficient (Wildman–Crippen LogP) is 6.37. The normalized spacial score (nSPS) is 24.4. The zero-order valence-corrected chi connectivity index (χ0v) is 16.3. The first-order valence-corrected chi connectivity index (χ1v) is 10.9. The van der Waals surface area contributed by atoms with Gasteiger partial charge in [-0.3, -0.25) is 4.79 Å². The van der Waals surface area contributed by atoms with E-state index < -0.39 is 17.6 Å². The summed E-state index contributed by atoms with van der Waals surface area (Å²) < 4.78 is 33.9. The molecule has 1 aromatic rings. The van der Waals surface area contributed by atoms with Gasteiger partial charge >= 0.3 is 5.97 Å². The zero-order chi connectivity index (χ0) is 18.5. The highest BCUT2D eigenvalue weighted by Gasteiger charge is 2.25. The summed E-state index contributed by atoms with van der Waals surface area (Å²) in [7, 11) is 0. The van der Waals surface area contributed by atoms with E-state index in [0.29, 0.717) is 10.8 Å². The molecule has 2 fully saturated rings. The van der Waals surface area contributed by atoms with Crippen LogP contribution in [0, 0.1) is 29.4 Å². The van der Waals surface area contributed by atoms with Crippen LogP contribution in [0.1, 0.15) is 64.7 Å². The Balaban J connectivity index is 1.58. The molecule has 0 aromatic heterocycles. The van der Waals surface area contributed by atoms with Crippen molar-refractivity contribution in [1.82, 2.24) is 0 Å². The van der Waals surface area contributed by atoms with E-state index in [1.807, 2.05) is 0 Å². The average molecular weight is 383 g/mol. The van der Waals surface area contributed by atoms with E-state index in [-0.39, 0.29) is 11.7 Å². The molecular formula is C21H28F2O2S. The second kappa shape index (κ2) is 9.20. The number of esters is 1. The highest BCUT2D eigenvalue weighted by Crippen LogP contribution is 2.35. The van der Waals surface area contributed by atoms with Gasteiger partial charge in [0.2, 0.25) is 5.82 Å². The Bertz CT molecular complexity index is 621. The van der Waals surface area contributed by atoms with Crippen molar-refractivity contribution in [2.75, 3.05) is 5.75 Å². The van der Waals surface area contributed by atoms with E-state index in [1.54, 1.807) is 0 Å². The molecular weight excluding hydrogens is 354 g/mol. The number of carbonyl (C=O) groups excluding carboxylic acids is 1. The summed E-state index contributed by atoms with van der Waals surface area (Å²) >= 11 is 1.37. The summed E-state index contributed by atoms with van der Waals surface area (Å²) in [6.07, 6.45) is 9.42. The molecule has 0 amide bonds. The minimum absolute atomic E-state index is 0.186. The number of hydrogen-bond acceptors (Lipinski definition) is 3. The van der Waals surface area contributed by atoms with Crippen LogP contribution in [0.3, 0.4) is 0 Å². The molecule has 26 heavy (non-hydrogen) atoms. The summed E-state index contributed by atoms with van der Waals surface area (Å²) in [4.78, 5) is 12.5. The van der Waals surface area contributed by atoms with Gasteiger partial charge in [0, 0.05) is 10.6 Å². The third kappa shape index (κ3) is 4.99. The van der Waals surface area contributed by atoms with E-state index in [9.17, 15) is 13.6 Å². The van der Waals surface area contributed by atoms with Gasteiger partial charge in [0.1, 0.15) is 0 Å². The van der Waals surface area contributed by atoms with Gasteiger partial charge in [0.25, 0.3) is 0 Å². The molecule has 0 radical (unpaired) electrons. The quantitative estimate of drug-likeness (QED) is 0.336. The lowest BCUT2D eigenvalue weighted by atomic mass is 9.84. The van der Waals surface area contributed by atoms with Crippen LogP contribution >= 0.6 is 11.8 Å². The first-order chi connectivity index (χ1) is 12.5. The van der Waals surface area contributed by atoms with Crippen LogP contribution in [0.25, 0.3) is 0 Å². The molecule has 1 aromatic carbocycles. The lowest BCUT2D eigenvalue weighted by molar-refractivity contribution is -0.140. The molecule has 144 valence electrons. The maximum Gasteiger partial charge on any atom is 0.314 e. The number of ether oxygens (including phenoxy) is 1. The van der Waals surface area contributed by atoms with Crippen molar-refractivity contribution in [1.29, 1.82) is 0 Å². The standard InChI is InChI=1S/C21H28F2O2S/c1-14-7-9-15(10-8-14)13-26-18-12-11-17(19(22)20(18)23)25-21(24)16-5-3-2-4-6-16/h11-12,14-16H,2-10,13H2,1H3. The van der Waals surface area contributed by atoms with Gasteiger partial charge in [0.05, 0.1) is 5.92 Å². The Hall–Kier alpha value is -1.10. The number of thioether (sulfide) groups is 1. The molecule has 0 unspecified atom stereocenters. The van der Waals surface area contributed by atoms with Crippen LogP contribution in [-0.4, -0.2) is 11.7 Å². The molecule has 0 aliphatic heterocycles. The second-order valence-electron chi connectivity index (χ2n) is 7.88. The number of carbonyl (C=O) groups is 1. The van der Waals surface area contributed by atoms with E-state index in [0.717, 1.165) is 56.6 Å². The molecule has 2 aliphatic carbocycles. The summed E-state index contributed by atoms with van der Waals surface area (Å²) in [6, 6.07) is 2.93. The number of hydrogen-bond donors (Lipinski definition) is 0. The fourth-order valence-electron chi connectivity index (χ4n) is 3.94. The topological polar surface area (TPSA) is 26.3 Å². The van der Waals surface area contributed by atoms with E-state index in [2.05, 4.69) is 6.92 Å². The molecule has 0 spiro atoms. The summed E-state index contributed by atoms with van der Waals surface area (Å²) in [6.45, 7) is 2.27. The van der Waals surface area contributed by atoms with Crippen LogP contribution in [0.15, 0.2) is 17.0 Å². The van der Waals surface area contributed by atoms with Gasteiger partial charge in [-0.25, -0.2) is 4.39 Å². The minimum Gasteiger partial charge on any atom is -0.423 e. The third-order valence-corrected chi connectivity index (χ3v) is 7.03. The first-order valence-electron chi connectivity index (χ1n) is 9.87. The highest BCUT2D eigenvalue weighted by molar-refractivity contribution is 7.99. The van der Waals surface area contributed by atoms with E-state index in [4.69, 9.17) is 4.74 Å². The van der Waals surface area contributed by atoms with Crippen molar-refractivity contribution in [2.45, 2.75) is 69.6 Å². The largest absolute Gasteiger partial charge is 0.423 e. The van der Waals surface area contributed by atoms with Crippen molar-refractivity contribution in [3.63, 3.8) is 0 Å². The molecule has 0 saturated heterocycles. The van der Waals surface area contributed by atoms with Gasteiger partial charge in [-0.15, -0.1) is 11.8 Å². The van der Waals surface area contributed by atoms with Gasteiger partial charge in [-0.05, 0) is 49.7 Å². The van der Waals surface area contributed by atoms with E-state index >= 15 is 0 Å². The molecule has 0 bridgehead atoms. The van der Waals surface area contributed by atoms with Gasteiger partial charge in [-0.2, -0.15) is 4.39 Å². The molecule has 2 saturated carbocycles. The van der Waals surface area contributed by atoms with Crippen molar-refractivity contribution in [3.8, 4) is 5.75 Å². The zero-order valence-electron chi connectivity index (χ0n) is 15.4. The smallest absolute Gasteiger partial charge is 0.314 e. The lowest BCUT2D eigenvalue weighted by Crippen LogP contribution is -2.23. The third-order valence-electron chi connectivity index (χ3n) is 5.77. The molecule has 2 aliphatic rings. The van der Waals surface area contributed by atoms with Crippen LogP contribution in [0.2, 0.25) is 0 Å². The maximum absolute atomic E-state index is 14.4. The summed E-state index contributed by atoms with van der Waals surface area (Å²) in [5.41, 5.74) is 0. The van der Waals surface area contributed by atoms with Crippen molar-refractivity contribution >= 4 is 17.7 Å². The predicted molar refractivity (Wildman–Crippen MR) is 100 cm³/mol. The Morgan fingerprint density at radius 2 is 1.73 bits per heavy atom. The summed E-state index contributed by atoms with van der Waals surface area (Å²) in [5.74, 6) is -0.678. The van der Waals surface area contributed by atoms with Crippen molar-refractivity contribution < 1.29 is 18.3 Å². The second-order valence-corrected chi connectivity index (χ2v) is 8.94. The van der Waals surface area contributed by atoms with Crippen LogP contribution in [0.5, 0.6) is 5.75 Å². The molecule has 5 heteroatoms. The van der Waals surface area contributed by atoms with Crippen molar-refractivity contribution in [2.24, 2.45) is 17.8 Å². The fraction of sp³-hybridized carbons (Fsp3) is 0.667. The SMILES string of the molecule is CC1CCC(CSc2ccc(OC(=O)C3CCCCC3)c(F)c2F)CC1. The van der Waals surface area contributed by atoms with Gasteiger partial charge < -0.3 is 4.74 Å². The monoisotopic (exact) mass is 382 g/mol. The van der Waals surface area contributed by atoms with Crippen LogP contribution < -0.4 is 4.74 Å². The van der Waals surface area contributed by atoms with Crippen LogP contribution in [-0.2, 0) is 4.79 Å². The number of halogens is 2. The lowest BCUT2D eigenvalue weighted by Gasteiger charge is -2.25. The van der Waals surface area contributed by atoms with Gasteiger partial charge in [0.15, 0.2) is 11.6 Å². The Kier molecular flexibility index (Phi) is 6.96. The van der Waals surface area contributed by atoms with Crippen LogP contribution in [0.4, 0.5) is 8.78 Å². The van der Waals surface area contributed by atoms with Gasteiger partial charge in [-0.1, -0.05) is 39.0 Å². The molecule has 3 rings (SSSR count). The summed E-state index contributed by atoms with van der Waals surface area (Å²) in [5, 5.41) is 0. The average Bonchev–Trinajstić information content (AvgIpc) is 2.67. The molecule has 0 heterocycles. The maximum atomic E-state index is 14.4. The Morgan fingerprint density at radius 3 is 2.42 bits per heavy atom. The van der Waals surface area contributed by atoms with E-state index in [1.165, 1.54) is 36.7 Å². The Labute approximate surface area is 159 Å². The first kappa shape index (κ1) is 19.7. The number of rotatable bonds is 5. The number of benzene rings is 1. The highest BCUT2D eigenvalue weighted by atomic mass is 32.2. The molecule has 0 N–H and O–H groups in total.